The Kier molecular flexibility index (Phi) is 9.38. The van der Waals surface area contributed by atoms with E-state index in [2.05, 4.69) is 67.3 Å². The molecule has 136 valence electrons. The van der Waals surface area contributed by atoms with Crippen LogP contribution in [0, 0.1) is 6.92 Å². The van der Waals surface area contributed by atoms with E-state index in [4.69, 9.17) is 4.99 Å². The van der Waals surface area contributed by atoms with Gasteiger partial charge in [-0.05, 0) is 59.6 Å². The maximum absolute atomic E-state index is 4.70. The highest BCUT2D eigenvalue weighted by molar-refractivity contribution is 5.79. The standard InChI is InChI=1S/C19H35N5/c1-7-20-19(22-12-13-24(15(2)3)16(4)5)21-11-10-18-9-8-17(6)23-14-18/h8-9,14-16H,7,10-13H2,1-6H3,(H2,20,21,22). The van der Waals surface area contributed by atoms with E-state index < -0.39 is 0 Å². The van der Waals surface area contributed by atoms with Gasteiger partial charge in [-0.15, -0.1) is 0 Å². The number of nitrogens with one attached hydrogen (secondary N) is 2. The van der Waals surface area contributed by atoms with Crippen molar-refractivity contribution in [1.82, 2.24) is 20.5 Å². The maximum atomic E-state index is 4.70. The summed E-state index contributed by atoms with van der Waals surface area (Å²) in [7, 11) is 0. The van der Waals surface area contributed by atoms with Crippen molar-refractivity contribution >= 4 is 5.96 Å². The molecule has 0 bridgehead atoms. The Morgan fingerprint density at radius 2 is 1.88 bits per heavy atom. The van der Waals surface area contributed by atoms with Crippen LogP contribution in [-0.4, -0.2) is 54.1 Å². The molecular weight excluding hydrogens is 298 g/mol. The number of aryl methyl sites for hydroxylation is 1. The van der Waals surface area contributed by atoms with Crippen LogP contribution in [0.1, 0.15) is 45.9 Å². The lowest BCUT2D eigenvalue weighted by molar-refractivity contribution is 0.181. The zero-order valence-electron chi connectivity index (χ0n) is 16.3. The molecule has 0 radical (unpaired) electrons. The van der Waals surface area contributed by atoms with E-state index in [1.165, 1.54) is 5.56 Å². The third kappa shape index (κ3) is 7.77. The summed E-state index contributed by atoms with van der Waals surface area (Å²) in [6, 6.07) is 5.28. The highest BCUT2D eigenvalue weighted by Crippen LogP contribution is 2.04. The Hall–Kier alpha value is -1.62. The number of pyridine rings is 1. The van der Waals surface area contributed by atoms with Gasteiger partial charge in [-0.1, -0.05) is 6.07 Å². The lowest BCUT2D eigenvalue weighted by atomic mass is 10.2. The highest BCUT2D eigenvalue weighted by Gasteiger charge is 2.12. The Labute approximate surface area is 148 Å². The number of aromatic nitrogens is 1. The predicted molar refractivity (Wildman–Crippen MR) is 104 cm³/mol. The van der Waals surface area contributed by atoms with Crippen LogP contribution in [0.25, 0.3) is 0 Å². The molecular formula is C19H35N5. The molecule has 5 nitrogen and oxygen atoms in total. The number of guanidine groups is 1. The van der Waals surface area contributed by atoms with Crippen LogP contribution < -0.4 is 10.6 Å². The first-order valence-electron chi connectivity index (χ1n) is 9.13. The second kappa shape index (κ2) is 11.0. The Balaban J connectivity index is 2.45. The normalized spacial score (nSPS) is 12.3. The molecule has 0 aliphatic heterocycles. The van der Waals surface area contributed by atoms with Crippen LogP contribution in [0.3, 0.4) is 0 Å². The van der Waals surface area contributed by atoms with Gasteiger partial charge in [0, 0.05) is 43.6 Å². The fourth-order valence-electron chi connectivity index (χ4n) is 2.70. The van der Waals surface area contributed by atoms with Gasteiger partial charge in [-0.25, -0.2) is 0 Å². The molecule has 0 spiro atoms. The van der Waals surface area contributed by atoms with Gasteiger partial charge >= 0.3 is 0 Å². The summed E-state index contributed by atoms with van der Waals surface area (Å²) >= 11 is 0. The minimum absolute atomic E-state index is 0.546. The smallest absolute Gasteiger partial charge is 0.191 e. The van der Waals surface area contributed by atoms with Crippen molar-refractivity contribution in [1.29, 1.82) is 0 Å². The van der Waals surface area contributed by atoms with Crippen molar-refractivity contribution in [2.75, 3.05) is 26.2 Å². The van der Waals surface area contributed by atoms with Crippen molar-refractivity contribution in [3.63, 3.8) is 0 Å². The molecule has 2 N–H and O–H groups in total. The Morgan fingerprint density at radius 1 is 1.17 bits per heavy atom. The van der Waals surface area contributed by atoms with Crippen molar-refractivity contribution in [3.8, 4) is 0 Å². The van der Waals surface area contributed by atoms with Crippen molar-refractivity contribution < 1.29 is 0 Å². The summed E-state index contributed by atoms with van der Waals surface area (Å²) in [5, 5.41) is 6.72. The first-order valence-corrected chi connectivity index (χ1v) is 9.13. The molecule has 1 heterocycles. The van der Waals surface area contributed by atoms with E-state index in [1.54, 1.807) is 0 Å². The molecule has 0 aliphatic carbocycles. The second-order valence-electron chi connectivity index (χ2n) is 6.67. The van der Waals surface area contributed by atoms with Gasteiger partial charge in [0.2, 0.25) is 0 Å². The molecule has 1 aromatic rings. The van der Waals surface area contributed by atoms with Crippen LogP contribution in [0.4, 0.5) is 0 Å². The van der Waals surface area contributed by atoms with Gasteiger partial charge in [-0.2, -0.15) is 0 Å². The molecule has 5 heteroatoms. The van der Waals surface area contributed by atoms with E-state index in [-0.39, 0.29) is 0 Å². The Morgan fingerprint density at radius 3 is 2.42 bits per heavy atom. The van der Waals surface area contributed by atoms with Crippen LogP contribution in [0.5, 0.6) is 0 Å². The molecule has 24 heavy (non-hydrogen) atoms. The third-order valence-electron chi connectivity index (χ3n) is 3.98. The SMILES string of the molecule is CCNC(=NCCN(C(C)C)C(C)C)NCCc1ccc(C)nc1. The average molecular weight is 334 g/mol. The molecule has 1 aromatic heterocycles. The summed E-state index contributed by atoms with van der Waals surface area (Å²) in [4.78, 5) is 11.5. The van der Waals surface area contributed by atoms with Gasteiger partial charge in [0.1, 0.15) is 0 Å². The average Bonchev–Trinajstić information content (AvgIpc) is 2.52. The number of nitrogens with zero attached hydrogens (tertiary/aromatic N) is 3. The molecule has 0 atom stereocenters. The minimum atomic E-state index is 0.546. The summed E-state index contributed by atoms with van der Waals surface area (Å²) in [6.45, 7) is 16.6. The minimum Gasteiger partial charge on any atom is -0.357 e. The molecule has 0 amide bonds. The molecule has 1 rings (SSSR count). The van der Waals surface area contributed by atoms with Crippen molar-refractivity contribution in [2.24, 2.45) is 4.99 Å². The molecule has 0 fully saturated rings. The zero-order valence-corrected chi connectivity index (χ0v) is 16.3. The van der Waals surface area contributed by atoms with Gasteiger partial charge in [0.05, 0.1) is 6.54 Å². The molecule has 0 aliphatic rings. The second-order valence-corrected chi connectivity index (χ2v) is 6.67. The zero-order chi connectivity index (χ0) is 17.9. The van der Waals surface area contributed by atoms with Gasteiger partial charge in [-0.3, -0.25) is 14.9 Å². The quantitative estimate of drug-likeness (QED) is 0.539. The largest absolute Gasteiger partial charge is 0.357 e. The monoisotopic (exact) mass is 333 g/mol. The predicted octanol–water partition coefficient (Wildman–Crippen LogP) is 2.61. The van der Waals surface area contributed by atoms with E-state index in [0.29, 0.717) is 12.1 Å². The van der Waals surface area contributed by atoms with Crippen LogP contribution in [-0.2, 0) is 6.42 Å². The first-order chi connectivity index (χ1) is 11.4. The topological polar surface area (TPSA) is 52.6 Å². The molecule has 0 unspecified atom stereocenters. The van der Waals surface area contributed by atoms with E-state index in [9.17, 15) is 0 Å². The summed E-state index contributed by atoms with van der Waals surface area (Å²) in [5.74, 6) is 0.894. The molecule has 0 saturated carbocycles. The van der Waals surface area contributed by atoms with E-state index >= 15 is 0 Å². The number of hydrogen-bond donors (Lipinski definition) is 2. The fourth-order valence-corrected chi connectivity index (χ4v) is 2.70. The number of aliphatic imine (C=N–C) groups is 1. The van der Waals surface area contributed by atoms with Gasteiger partial charge in [0.15, 0.2) is 5.96 Å². The molecule has 0 saturated heterocycles. The van der Waals surface area contributed by atoms with Crippen LogP contribution >= 0.6 is 0 Å². The maximum Gasteiger partial charge on any atom is 0.191 e. The summed E-state index contributed by atoms with van der Waals surface area (Å²) in [6.07, 6.45) is 2.89. The third-order valence-corrected chi connectivity index (χ3v) is 3.98. The number of hydrogen-bond acceptors (Lipinski definition) is 3. The van der Waals surface area contributed by atoms with E-state index in [0.717, 1.165) is 44.3 Å². The van der Waals surface area contributed by atoms with Crippen molar-refractivity contribution in [2.45, 2.75) is 60.0 Å². The Bertz CT molecular complexity index is 471. The summed E-state index contributed by atoms with van der Waals surface area (Å²) < 4.78 is 0. The van der Waals surface area contributed by atoms with Crippen LogP contribution in [0.2, 0.25) is 0 Å². The van der Waals surface area contributed by atoms with E-state index in [1.807, 2.05) is 13.1 Å². The number of rotatable bonds is 9. The summed E-state index contributed by atoms with van der Waals surface area (Å²) in [5.41, 5.74) is 2.30. The van der Waals surface area contributed by atoms with Gasteiger partial charge in [0.25, 0.3) is 0 Å². The van der Waals surface area contributed by atoms with Crippen LogP contribution in [0.15, 0.2) is 23.3 Å². The fraction of sp³-hybridized carbons (Fsp3) is 0.684. The molecule has 0 aromatic carbocycles. The first kappa shape index (κ1) is 20.4. The van der Waals surface area contributed by atoms with Crippen molar-refractivity contribution in [3.05, 3.63) is 29.6 Å². The lowest BCUT2D eigenvalue weighted by Crippen LogP contribution is -2.41. The highest BCUT2D eigenvalue weighted by atomic mass is 15.2. The lowest BCUT2D eigenvalue weighted by Gasteiger charge is -2.29. The van der Waals surface area contributed by atoms with Gasteiger partial charge < -0.3 is 10.6 Å².